The van der Waals surface area contributed by atoms with E-state index in [0.29, 0.717) is 0 Å². The first kappa shape index (κ1) is 20.3. The Labute approximate surface area is 144 Å². The number of hydrogen-bond donors (Lipinski definition) is 1. The Hall–Kier alpha value is -1.76. The fraction of sp³-hybridized carbons (Fsp3) is 0.500. The molecule has 0 spiro atoms. The molecule has 0 radical (unpaired) electrons. The highest BCUT2D eigenvalue weighted by molar-refractivity contribution is 6.31. The Balaban J connectivity index is 2.73. The predicted octanol–water partition coefficient (Wildman–Crippen LogP) is 4.33. The second kappa shape index (κ2) is 8.37. The van der Waals surface area contributed by atoms with Crippen LogP contribution in [0.1, 0.15) is 39.2 Å². The van der Waals surface area contributed by atoms with Gasteiger partial charge in [-0.2, -0.15) is 13.2 Å². The van der Waals surface area contributed by atoms with Crippen molar-refractivity contribution in [2.75, 3.05) is 11.9 Å². The highest BCUT2D eigenvalue weighted by Gasteiger charge is 2.33. The topological polar surface area (TPSA) is 49.4 Å². The molecular formula is C16H20ClF3N2O2. The minimum Gasteiger partial charge on any atom is -0.340 e. The third kappa shape index (κ3) is 5.70. The van der Waals surface area contributed by atoms with E-state index in [-0.39, 0.29) is 30.6 Å². The van der Waals surface area contributed by atoms with E-state index < -0.39 is 22.7 Å². The SMILES string of the molecule is CCC(C)N(CCC(=O)Nc1ccc(Cl)c(C(F)(F)F)c1)C(C)=O. The molecule has 0 heterocycles. The summed E-state index contributed by atoms with van der Waals surface area (Å²) in [4.78, 5) is 25.1. The number of carbonyl (C=O) groups is 2. The predicted molar refractivity (Wildman–Crippen MR) is 86.8 cm³/mol. The summed E-state index contributed by atoms with van der Waals surface area (Å²) < 4.78 is 38.4. The van der Waals surface area contributed by atoms with Gasteiger partial charge < -0.3 is 10.2 Å². The maximum Gasteiger partial charge on any atom is 0.417 e. The molecule has 1 aromatic carbocycles. The summed E-state index contributed by atoms with van der Waals surface area (Å²) in [5, 5.41) is 1.97. The minimum absolute atomic E-state index is 0.00605. The van der Waals surface area contributed by atoms with Crippen molar-refractivity contribution < 1.29 is 22.8 Å². The molecule has 0 aliphatic carbocycles. The summed E-state index contributed by atoms with van der Waals surface area (Å²) in [6.45, 7) is 5.41. The van der Waals surface area contributed by atoms with E-state index in [0.717, 1.165) is 18.6 Å². The number of nitrogens with one attached hydrogen (secondary N) is 1. The van der Waals surface area contributed by atoms with Crippen LogP contribution in [0.3, 0.4) is 0 Å². The first-order chi connectivity index (χ1) is 11.1. The quantitative estimate of drug-likeness (QED) is 0.816. The highest BCUT2D eigenvalue weighted by atomic mass is 35.5. The Morgan fingerprint density at radius 3 is 2.46 bits per heavy atom. The first-order valence-corrected chi connectivity index (χ1v) is 7.87. The van der Waals surface area contributed by atoms with Gasteiger partial charge in [-0.05, 0) is 31.5 Å². The molecule has 0 saturated carbocycles. The Morgan fingerprint density at radius 1 is 1.33 bits per heavy atom. The zero-order chi connectivity index (χ0) is 18.5. The van der Waals surface area contributed by atoms with Gasteiger partial charge in [-0.15, -0.1) is 0 Å². The standard InChI is InChI=1S/C16H20ClF3N2O2/c1-4-10(2)22(11(3)23)8-7-15(24)21-12-5-6-14(17)13(9-12)16(18,19)20/h5-6,9-10H,4,7-8H2,1-3H3,(H,21,24). The van der Waals surface area contributed by atoms with Crippen LogP contribution in [0.4, 0.5) is 18.9 Å². The summed E-state index contributed by atoms with van der Waals surface area (Å²) in [5.74, 6) is -0.622. The number of hydrogen-bond acceptors (Lipinski definition) is 2. The third-order valence-electron chi connectivity index (χ3n) is 3.66. The number of carbonyl (C=O) groups excluding carboxylic acids is 2. The van der Waals surface area contributed by atoms with Crippen LogP contribution in [0.25, 0.3) is 0 Å². The zero-order valence-electron chi connectivity index (χ0n) is 13.7. The molecule has 1 N–H and O–H groups in total. The van der Waals surface area contributed by atoms with E-state index in [9.17, 15) is 22.8 Å². The molecule has 0 aliphatic heterocycles. The summed E-state index contributed by atoms with van der Waals surface area (Å²) in [5.41, 5.74) is -0.999. The second-order valence-corrected chi connectivity index (χ2v) is 5.87. The Bertz CT molecular complexity index is 605. The van der Waals surface area contributed by atoms with Gasteiger partial charge in [0, 0.05) is 31.6 Å². The van der Waals surface area contributed by atoms with Crippen molar-refractivity contribution in [1.82, 2.24) is 4.90 Å². The van der Waals surface area contributed by atoms with Gasteiger partial charge in [0.1, 0.15) is 0 Å². The van der Waals surface area contributed by atoms with Gasteiger partial charge in [-0.25, -0.2) is 0 Å². The minimum atomic E-state index is -4.60. The van der Waals surface area contributed by atoms with Crippen molar-refractivity contribution in [3.63, 3.8) is 0 Å². The van der Waals surface area contributed by atoms with Gasteiger partial charge in [0.15, 0.2) is 0 Å². The van der Waals surface area contributed by atoms with Crippen LogP contribution in [-0.2, 0) is 15.8 Å². The van der Waals surface area contributed by atoms with Crippen LogP contribution in [-0.4, -0.2) is 29.3 Å². The number of alkyl halides is 3. The normalized spacial score (nSPS) is 12.6. The zero-order valence-corrected chi connectivity index (χ0v) is 14.5. The van der Waals surface area contributed by atoms with Crippen molar-refractivity contribution in [2.45, 2.75) is 45.8 Å². The van der Waals surface area contributed by atoms with Gasteiger partial charge in [0.2, 0.25) is 11.8 Å². The van der Waals surface area contributed by atoms with Crippen LogP contribution in [0.5, 0.6) is 0 Å². The van der Waals surface area contributed by atoms with Gasteiger partial charge in [-0.3, -0.25) is 9.59 Å². The van der Waals surface area contributed by atoms with Crippen LogP contribution in [0.2, 0.25) is 5.02 Å². The maximum absolute atomic E-state index is 12.8. The molecule has 1 aromatic rings. The van der Waals surface area contributed by atoms with Crippen LogP contribution in [0.15, 0.2) is 18.2 Å². The Kier molecular flexibility index (Phi) is 7.08. The highest BCUT2D eigenvalue weighted by Crippen LogP contribution is 2.36. The number of nitrogens with zero attached hydrogens (tertiary/aromatic N) is 1. The van der Waals surface area contributed by atoms with Crippen molar-refractivity contribution in [3.8, 4) is 0 Å². The molecule has 1 atom stereocenters. The third-order valence-corrected chi connectivity index (χ3v) is 3.99. The number of halogens is 4. The van der Waals surface area contributed by atoms with Gasteiger partial charge in [0.25, 0.3) is 0 Å². The number of rotatable bonds is 6. The maximum atomic E-state index is 12.8. The van der Waals surface area contributed by atoms with E-state index in [1.54, 1.807) is 4.90 Å². The molecule has 0 bridgehead atoms. The van der Waals surface area contributed by atoms with Gasteiger partial charge >= 0.3 is 6.18 Å². The molecule has 8 heteroatoms. The molecule has 0 aromatic heterocycles. The monoisotopic (exact) mass is 364 g/mol. The average Bonchev–Trinajstić information content (AvgIpc) is 2.47. The van der Waals surface area contributed by atoms with Crippen LogP contribution >= 0.6 is 11.6 Å². The number of amides is 2. The van der Waals surface area contributed by atoms with Gasteiger partial charge in [-0.1, -0.05) is 18.5 Å². The van der Waals surface area contributed by atoms with Crippen LogP contribution < -0.4 is 5.32 Å². The molecule has 1 unspecified atom stereocenters. The second-order valence-electron chi connectivity index (χ2n) is 5.46. The lowest BCUT2D eigenvalue weighted by Gasteiger charge is -2.27. The summed E-state index contributed by atoms with van der Waals surface area (Å²) in [6.07, 6.45) is -3.86. The lowest BCUT2D eigenvalue weighted by Crippen LogP contribution is -2.38. The van der Waals surface area contributed by atoms with Crippen molar-refractivity contribution >= 4 is 29.1 Å². The fourth-order valence-electron chi connectivity index (χ4n) is 2.17. The summed E-state index contributed by atoms with van der Waals surface area (Å²) in [7, 11) is 0. The molecule has 2 amide bonds. The first-order valence-electron chi connectivity index (χ1n) is 7.50. The molecule has 0 fully saturated rings. The largest absolute Gasteiger partial charge is 0.417 e. The lowest BCUT2D eigenvalue weighted by molar-refractivity contribution is -0.137. The van der Waals surface area contributed by atoms with Crippen molar-refractivity contribution in [2.24, 2.45) is 0 Å². The Morgan fingerprint density at radius 2 is 1.96 bits per heavy atom. The molecule has 134 valence electrons. The van der Waals surface area contributed by atoms with Crippen molar-refractivity contribution in [1.29, 1.82) is 0 Å². The molecule has 0 aliphatic rings. The van der Waals surface area contributed by atoms with E-state index in [1.165, 1.54) is 13.0 Å². The number of benzene rings is 1. The van der Waals surface area contributed by atoms with E-state index in [2.05, 4.69) is 5.32 Å². The number of anilines is 1. The molecule has 24 heavy (non-hydrogen) atoms. The summed E-state index contributed by atoms with van der Waals surface area (Å²) in [6, 6.07) is 3.16. The fourth-order valence-corrected chi connectivity index (χ4v) is 2.40. The molecule has 4 nitrogen and oxygen atoms in total. The average molecular weight is 365 g/mol. The summed E-state index contributed by atoms with van der Waals surface area (Å²) >= 11 is 5.53. The van der Waals surface area contributed by atoms with Gasteiger partial charge in [0.05, 0.1) is 10.6 Å². The van der Waals surface area contributed by atoms with Crippen LogP contribution in [0, 0.1) is 0 Å². The molecule has 0 saturated heterocycles. The lowest BCUT2D eigenvalue weighted by atomic mass is 10.2. The van der Waals surface area contributed by atoms with E-state index in [1.807, 2.05) is 13.8 Å². The molecular weight excluding hydrogens is 345 g/mol. The van der Waals surface area contributed by atoms with E-state index >= 15 is 0 Å². The molecule has 1 rings (SSSR count). The smallest absolute Gasteiger partial charge is 0.340 e. The van der Waals surface area contributed by atoms with Crippen molar-refractivity contribution in [3.05, 3.63) is 28.8 Å². The van der Waals surface area contributed by atoms with E-state index in [4.69, 9.17) is 11.6 Å².